The van der Waals surface area contributed by atoms with Crippen LogP contribution in [0.2, 0.25) is 0 Å². The second kappa shape index (κ2) is 14.8. The van der Waals surface area contributed by atoms with E-state index in [0.29, 0.717) is 0 Å². The maximum Gasteiger partial charge on any atom is 0.179 e. The Bertz CT molecular complexity index is 2810. The number of rotatable bonds is 9. The van der Waals surface area contributed by atoms with Gasteiger partial charge in [-0.2, -0.15) is 0 Å². The topological polar surface area (TPSA) is 16.4 Å². The number of anilines is 3. The van der Waals surface area contributed by atoms with Crippen LogP contribution >= 0.6 is 0 Å². The van der Waals surface area contributed by atoms with E-state index < -0.39 is 8.07 Å². The van der Waals surface area contributed by atoms with E-state index in [1.165, 1.54) is 37.4 Å². The van der Waals surface area contributed by atoms with E-state index in [4.69, 9.17) is 4.42 Å². The normalized spacial score (nSPS) is 11.5. The molecule has 0 aliphatic heterocycles. The van der Waals surface area contributed by atoms with E-state index in [2.05, 4.69) is 235 Å². The molecule has 1 aromatic heterocycles. The Morgan fingerprint density at radius 3 is 1.14 bits per heavy atom. The van der Waals surface area contributed by atoms with Crippen molar-refractivity contribution in [2.24, 2.45) is 0 Å². The van der Waals surface area contributed by atoms with E-state index in [-0.39, 0.29) is 0 Å². The summed E-state index contributed by atoms with van der Waals surface area (Å²) in [6, 6.07) is 85.7. The van der Waals surface area contributed by atoms with E-state index in [9.17, 15) is 0 Å². The van der Waals surface area contributed by atoms with Gasteiger partial charge >= 0.3 is 0 Å². The first-order valence-corrected chi connectivity index (χ1v) is 21.5. The van der Waals surface area contributed by atoms with Crippen LogP contribution in [-0.2, 0) is 0 Å². The van der Waals surface area contributed by atoms with Crippen molar-refractivity contribution in [1.82, 2.24) is 0 Å². The highest BCUT2D eigenvalue weighted by molar-refractivity contribution is 7.19. The molecule has 0 spiro atoms. The van der Waals surface area contributed by atoms with Crippen molar-refractivity contribution < 1.29 is 4.42 Å². The summed E-state index contributed by atoms with van der Waals surface area (Å²) in [7, 11) is -2.68. The molecule has 0 fully saturated rings. The molecule has 0 N–H and O–H groups in total. The van der Waals surface area contributed by atoms with Crippen molar-refractivity contribution in [2.45, 2.75) is 0 Å². The highest BCUT2D eigenvalue weighted by Crippen LogP contribution is 2.39. The minimum Gasteiger partial charge on any atom is -0.456 e. The van der Waals surface area contributed by atoms with Crippen LogP contribution in [0.1, 0.15) is 0 Å². The summed E-state index contributed by atoms with van der Waals surface area (Å²) in [4.78, 5) is 2.34. The van der Waals surface area contributed by atoms with Crippen molar-refractivity contribution in [2.75, 3.05) is 4.90 Å². The average Bonchev–Trinajstić information content (AvgIpc) is 3.66. The number of furan rings is 1. The third-order valence-electron chi connectivity index (χ3n) is 11.2. The second-order valence-corrected chi connectivity index (χ2v) is 18.3. The molecule has 0 radical (unpaired) electrons. The first kappa shape index (κ1) is 34.3. The predicted octanol–water partition coefficient (Wildman–Crippen LogP) is 11.8. The first-order valence-electron chi connectivity index (χ1n) is 19.5. The molecular weight excluding hydrogens is 707 g/mol. The summed E-state index contributed by atoms with van der Waals surface area (Å²) in [6.45, 7) is 0. The molecular formula is C54H39NOSi. The van der Waals surface area contributed by atoms with Gasteiger partial charge in [0, 0.05) is 33.9 Å². The highest BCUT2D eigenvalue weighted by Gasteiger charge is 2.41. The molecule has 0 saturated carbocycles. The Balaban J connectivity index is 1.12. The maximum absolute atomic E-state index is 6.64. The lowest BCUT2D eigenvalue weighted by Crippen LogP contribution is -2.74. The Morgan fingerprint density at radius 2 is 0.632 bits per heavy atom. The van der Waals surface area contributed by atoms with Gasteiger partial charge in [-0.3, -0.25) is 0 Å². The molecule has 3 heteroatoms. The van der Waals surface area contributed by atoms with Gasteiger partial charge < -0.3 is 9.32 Å². The van der Waals surface area contributed by atoms with Gasteiger partial charge in [-0.25, -0.2) is 0 Å². The maximum atomic E-state index is 6.64. The second-order valence-electron chi connectivity index (χ2n) is 14.5. The van der Waals surface area contributed by atoms with E-state index >= 15 is 0 Å². The van der Waals surface area contributed by atoms with E-state index in [1.54, 1.807) is 0 Å². The minimum absolute atomic E-state index is 0.860. The van der Waals surface area contributed by atoms with Crippen LogP contribution in [0.4, 0.5) is 17.1 Å². The summed E-state index contributed by atoms with van der Waals surface area (Å²) in [5.74, 6) is 0. The molecule has 0 aliphatic rings. The zero-order valence-corrected chi connectivity index (χ0v) is 32.4. The monoisotopic (exact) mass is 745 g/mol. The number of benzene rings is 9. The Morgan fingerprint density at radius 1 is 0.281 bits per heavy atom. The average molecular weight is 746 g/mol. The van der Waals surface area contributed by atoms with Crippen molar-refractivity contribution >= 4 is 67.8 Å². The number of fused-ring (bicyclic) bond motifs is 3. The molecule has 57 heavy (non-hydrogen) atoms. The molecule has 0 saturated heterocycles. The standard InChI is InChI=1S/C54H39NOSi/c1-6-16-40(17-7-1)42-26-29-44(30-27-42)55(46-33-37-52-51-36-28-43(41-18-8-2-9-19-41)38-53(51)56-54(52)39-46)45-31-34-50(35-32-45)57(47-20-10-3-11-21-47,48-22-12-4-13-23-48)49-24-14-5-15-25-49/h1-39H. The molecule has 9 aromatic carbocycles. The van der Waals surface area contributed by atoms with Gasteiger partial charge in [0.25, 0.3) is 0 Å². The van der Waals surface area contributed by atoms with Crippen molar-refractivity contribution in [3.8, 4) is 22.3 Å². The highest BCUT2D eigenvalue weighted by atomic mass is 28.3. The summed E-state index contributed by atoms with van der Waals surface area (Å²) in [5, 5.41) is 7.62. The molecule has 0 aliphatic carbocycles. The Hall–Kier alpha value is -7.20. The van der Waals surface area contributed by atoms with Crippen molar-refractivity contribution in [3.05, 3.63) is 237 Å². The van der Waals surface area contributed by atoms with Crippen LogP contribution in [0.15, 0.2) is 241 Å². The van der Waals surface area contributed by atoms with E-state index in [0.717, 1.165) is 44.6 Å². The van der Waals surface area contributed by atoms with E-state index in [1.807, 2.05) is 6.07 Å². The van der Waals surface area contributed by atoms with Gasteiger partial charge in [-0.1, -0.05) is 182 Å². The van der Waals surface area contributed by atoms with Gasteiger partial charge in [-0.15, -0.1) is 0 Å². The number of nitrogens with zero attached hydrogens (tertiary/aromatic N) is 1. The summed E-state index contributed by atoms with van der Waals surface area (Å²) in [6.07, 6.45) is 0. The molecule has 0 atom stereocenters. The molecule has 270 valence electrons. The zero-order chi connectivity index (χ0) is 38.0. The minimum atomic E-state index is -2.68. The number of hydrogen-bond acceptors (Lipinski definition) is 2. The summed E-state index contributed by atoms with van der Waals surface area (Å²) in [5.41, 5.74) is 9.62. The van der Waals surface area contributed by atoms with Gasteiger partial charge in [0.05, 0.1) is 0 Å². The van der Waals surface area contributed by atoms with Crippen LogP contribution in [-0.4, -0.2) is 8.07 Å². The molecule has 0 amide bonds. The molecule has 0 bridgehead atoms. The fraction of sp³-hybridized carbons (Fsp3) is 0. The Labute approximate surface area is 334 Å². The third kappa shape index (κ3) is 6.25. The fourth-order valence-electron chi connectivity index (χ4n) is 8.52. The largest absolute Gasteiger partial charge is 0.456 e. The van der Waals surface area contributed by atoms with Crippen LogP contribution < -0.4 is 25.6 Å². The van der Waals surface area contributed by atoms with Gasteiger partial charge in [0.1, 0.15) is 11.2 Å². The fourth-order valence-corrected chi connectivity index (χ4v) is 13.3. The lowest BCUT2D eigenvalue weighted by molar-refractivity contribution is 0.669. The van der Waals surface area contributed by atoms with Gasteiger partial charge in [0.15, 0.2) is 8.07 Å². The van der Waals surface area contributed by atoms with Crippen LogP contribution in [0.5, 0.6) is 0 Å². The summed E-state index contributed by atoms with van der Waals surface area (Å²) >= 11 is 0. The first-order chi connectivity index (χ1) is 28.3. The summed E-state index contributed by atoms with van der Waals surface area (Å²) < 4.78 is 6.64. The lowest BCUT2D eigenvalue weighted by Gasteiger charge is -2.35. The third-order valence-corrected chi connectivity index (χ3v) is 16.0. The van der Waals surface area contributed by atoms with Crippen molar-refractivity contribution in [3.63, 3.8) is 0 Å². The molecule has 2 nitrogen and oxygen atoms in total. The van der Waals surface area contributed by atoms with Crippen LogP contribution in [0.25, 0.3) is 44.2 Å². The molecule has 0 unspecified atom stereocenters. The van der Waals surface area contributed by atoms with Crippen molar-refractivity contribution in [1.29, 1.82) is 0 Å². The van der Waals surface area contributed by atoms with Gasteiger partial charge in [-0.05, 0) is 91.5 Å². The number of hydrogen-bond donors (Lipinski definition) is 0. The smallest absolute Gasteiger partial charge is 0.179 e. The quantitative estimate of drug-likeness (QED) is 0.108. The zero-order valence-electron chi connectivity index (χ0n) is 31.4. The molecule has 1 heterocycles. The Kier molecular flexibility index (Phi) is 8.90. The SMILES string of the molecule is c1ccc(-c2ccc(N(c3ccc([Si](c4ccccc4)(c4ccccc4)c4ccccc4)cc3)c3ccc4c(c3)oc3cc(-c5ccccc5)ccc34)cc2)cc1. The van der Waals surface area contributed by atoms with Crippen LogP contribution in [0.3, 0.4) is 0 Å². The van der Waals surface area contributed by atoms with Gasteiger partial charge in [0.2, 0.25) is 0 Å². The molecule has 10 aromatic rings. The molecule has 10 rings (SSSR count). The lowest BCUT2D eigenvalue weighted by atomic mass is 10.0. The van der Waals surface area contributed by atoms with Crippen LogP contribution in [0, 0.1) is 0 Å². The predicted molar refractivity (Wildman–Crippen MR) is 243 cm³/mol.